The van der Waals surface area contributed by atoms with Crippen LogP contribution in [-0.4, -0.2) is 43.7 Å². The molecular formula is C24H32N2O3. The van der Waals surface area contributed by atoms with Gasteiger partial charge in [0.15, 0.2) is 0 Å². The third-order valence-electron chi connectivity index (χ3n) is 5.28. The Morgan fingerprint density at radius 3 is 2.17 bits per heavy atom. The van der Waals surface area contributed by atoms with Crippen molar-refractivity contribution in [3.8, 4) is 11.5 Å². The molecule has 0 aliphatic carbocycles. The van der Waals surface area contributed by atoms with E-state index in [1.807, 2.05) is 50.2 Å². The zero-order valence-electron chi connectivity index (χ0n) is 17.7. The van der Waals surface area contributed by atoms with Gasteiger partial charge in [-0.2, -0.15) is 0 Å². The molecule has 1 saturated heterocycles. The Hall–Kier alpha value is -2.53. The maximum Gasteiger partial charge on any atom is 0.251 e. The fraction of sp³-hybridized carbons (Fsp3) is 0.458. The second kappa shape index (κ2) is 10.3. The van der Waals surface area contributed by atoms with Crippen LogP contribution in [0.25, 0.3) is 0 Å². The summed E-state index contributed by atoms with van der Waals surface area (Å²) in [5, 5.41) is 3.13. The molecule has 2 aromatic carbocycles. The molecule has 0 aromatic heterocycles. The van der Waals surface area contributed by atoms with Gasteiger partial charge in [0.05, 0.1) is 19.3 Å². The van der Waals surface area contributed by atoms with Crippen LogP contribution in [0.15, 0.2) is 48.5 Å². The molecule has 1 fully saturated rings. The molecule has 3 rings (SSSR count). The molecule has 1 aliphatic rings. The zero-order chi connectivity index (χ0) is 20.6. The number of carbonyl (C=O) groups excluding carboxylic acids is 1. The molecule has 156 valence electrons. The number of hydrogen-bond acceptors (Lipinski definition) is 4. The average molecular weight is 397 g/mol. The topological polar surface area (TPSA) is 50.8 Å². The van der Waals surface area contributed by atoms with E-state index >= 15 is 0 Å². The predicted octanol–water partition coefficient (Wildman–Crippen LogP) is 4.44. The highest BCUT2D eigenvalue weighted by molar-refractivity contribution is 5.94. The van der Waals surface area contributed by atoms with Crippen molar-refractivity contribution < 1.29 is 14.3 Å². The fourth-order valence-electron chi connectivity index (χ4n) is 3.76. The Morgan fingerprint density at radius 2 is 1.59 bits per heavy atom. The smallest absolute Gasteiger partial charge is 0.251 e. The van der Waals surface area contributed by atoms with Gasteiger partial charge in [0.2, 0.25) is 0 Å². The maximum atomic E-state index is 12.7. The number of nitrogens with zero attached hydrogens (tertiary/aromatic N) is 1. The van der Waals surface area contributed by atoms with Gasteiger partial charge in [0, 0.05) is 12.1 Å². The van der Waals surface area contributed by atoms with E-state index in [1.165, 1.54) is 24.8 Å². The number of nitrogens with one attached hydrogen (secondary N) is 1. The first-order valence-corrected chi connectivity index (χ1v) is 10.5. The second-order valence-corrected chi connectivity index (χ2v) is 7.79. The largest absolute Gasteiger partial charge is 0.497 e. The number of rotatable bonds is 8. The van der Waals surface area contributed by atoms with E-state index in [2.05, 4.69) is 22.3 Å². The van der Waals surface area contributed by atoms with Crippen LogP contribution in [0.1, 0.15) is 55.1 Å². The zero-order valence-corrected chi connectivity index (χ0v) is 17.7. The van der Waals surface area contributed by atoms with E-state index in [0.29, 0.717) is 12.1 Å². The van der Waals surface area contributed by atoms with Crippen LogP contribution in [0, 0.1) is 0 Å². The van der Waals surface area contributed by atoms with Crippen molar-refractivity contribution in [3.05, 3.63) is 59.7 Å². The summed E-state index contributed by atoms with van der Waals surface area (Å²) in [6, 6.07) is 15.7. The van der Waals surface area contributed by atoms with Gasteiger partial charge in [-0.25, -0.2) is 0 Å². The second-order valence-electron chi connectivity index (χ2n) is 7.79. The monoisotopic (exact) mass is 396 g/mol. The molecule has 1 N–H and O–H groups in total. The molecule has 0 unspecified atom stereocenters. The molecule has 2 aromatic rings. The summed E-state index contributed by atoms with van der Waals surface area (Å²) in [6.07, 6.45) is 3.81. The lowest BCUT2D eigenvalue weighted by Crippen LogP contribution is -2.40. The molecule has 5 nitrogen and oxygen atoms in total. The number of likely N-dealkylation sites (tertiary alicyclic amines) is 1. The standard InChI is InChI=1S/C24H32N2O3/c1-18(2)29-22-13-9-20(10-14-22)24(27)25-17-23(26-15-5-4-6-16-26)19-7-11-21(28-3)12-8-19/h7-14,18,23H,4-6,15-17H2,1-3H3,(H,25,27)/t23-/m1/s1. The summed E-state index contributed by atoms with van der Waals surface area (Å²) in [5.74, 6) is 1.57. The lowest BCUT2D eigenvalue weighted by atomic mass is 10.0. The van der Waals surface area contributed by atoms with Crippen LogP contribution < -0.4 is 14.8 Å². The van der Waals surface area contributed by atoms with Crippen molar-refractivity contribution >= 4 is 5.91 Å². The van der Waals surface area contributed by atoms with Crippen molar-refractivity contribution in [2.24, 2.45) is 0 Å². The first kappa shape index (κ1) is 21.2. The van der Waals surface area contributed by atoms with E-state index in [-0.39, 0.29) is 18.1 Å². The summed E-state index contributed by atoms with van der Waals surface area (Å²) in [4.78, 5) is 15.2. The quantitative estimate of drug-likeness (QED) is 0.717. The van der Waals surface area contributed by atoms with Crippen LogP contribution in [0.4, 0.5) is 0 Å². The molecule has 1 aliphatic heterocycles. The fourth-order valence-corrected chi connectivity index (χ4v) is 3.76. The third kappa shape index (κ3) is 5.97. The summed E-state index contributed by atoms with van der Waals surface area (Å²) in [6.45, 7) is 6.68. The average Bonchev–Trinajstić information content (AvgIpc) is 2.75. The molecule has 0 bridgehead atoms. The van der Waals surface area contributed by atoms with E-state index < -0.39 is 0 Å². The summed E-state index contributed by atoms with van der Waals surface area (Å²) in [5.41, 5.74) is 1.85. The highest BCUT2D eigenvalue weighted by Crippen LogP contribution is 2.26. The summed E-state index contributed by atoms with van der Waals surface area (Å²) >= 11 is 0. The van der Waals surface area contributed by atoms with Crippen molar-refractivity contribution in [2.75, 3.05) is 26.7 Å². The minimum atomic E-state index is -0.0587. The number of carbonyl (C=O) groups is 1. The molecule has 0 radical (unpaired) electrons. The molecule has 5 heteroatoms. The Kier molecular flexibility index (Phi) is 7.53. The van der Waals surface area contributed by atoms with Crippen LogP contribution >= 0.6 is 0 Å². The number of benzene rings is 2. The number of amides is 1. The molecule has 1 amide bonds. The van der Waals surface area contributed by atoms with E-state index in [0.717, 1.165) is 24.6 Å². The molecular weight excluding hydrogens is 364 g/mol. The van der Waals surface area contributed by atoms with Crippen LogP contribution in [0.5, 0.6) is 11.5 Å². The predicted molar refractivity (Wildman–Crippen MR) is 116 cm³/mol. The first-order valence-electron chi connectivity index (χ1n) is 10.5. The minimum absolute atomic E-state index is 0.0587. The Morgan fingerprint density at radius 1 is 0.966 bits per heavy atom. The van der Waals surface area contributed by atoms with Crippen molar-refractivity contribution in [1.29, 1.82) is 0 Å². The molecule has 1 atom stereocenters. The number of methoxy groups -OCH3 is 1. The Labute approximate surface area is 174 Å². The van der Waals surface area contributed by atoms with Crippen molar-refractivity contribution in [3.63, 3.8) is 0 Å². The van der Waals surface area contributed by atoms with Gasteiger partial charge in [0.1, 0.15) is 11.5 Å². The van der Waals surface area contributed by atoms with Gasteiger partial charge in [-0.15, -0.1) is 0 Å². The number of piperidine rings is 1. The van der Waals surface area contributed by atoms with Crippen LogP contribution in [-0.2, 0) is 0 Å². The van der Waals surface area contributed by atoms with Crippen LogP contribution in [0.2, 0.25) is 0 Å². The summed E-state index contributed by atoms with van der Waals surface area (Å²) < 4.78 is 10.9. The molecule has 0 saturated carbocycles. The van der Waals surface area contributed by atoms with Gasteiger partial charge in [-0.05, 0) is 81.7 Å². The normalized spacial score (nSPS) is 15.7. The van der Waals surface area contributed by atoms with Gasteiger partial charge >= 0.3 is 0 Å². The van der Waals surface area contributed by atoms with E-state index in [4.69, 9.17) is 9.47 Å². The number of hydrogen-bond donors (Lipinski definition) is 1. The van der Waals surface area contributed by atoms with Gasteiger partial charge in [-0.3, -0.25) is 9.69 Å². The lowest BCUT2D eigenvalue weighted by Gasteiger charge is -2.35. The molecule has 1 heterocycles. The highest BCUT2D eigenvalue weighted by Gasteiger charge is 2.23. The third-order valence-corrected chi connectivity index (χ3v) is 5.28. The van der Waals surface area contributed by atoms with Gasteiger partial charge < -0.3 is 14.8 Å². The van der Waals surface area contributed by atoms with Crippen LogP contribution in [0.3, 0.4) is 0 Å². The minimum Gasteiger partial charge on any atom is -0.497 e. The number of ether oxygens (including phenoxy) is 2. The molecule has 0 spiro atoms. The Bertz CT molecular complexity index is 766. The first-order chi connectivity index (χ1) is 14.1. The van der Waals surface area contributed by atoms with E-state index in [9.17, 15) is 4.79 Å². The Balaban J connectivity index is 1.67. The van der Waals surface area contributed by atoms with Gasteiger partial charge in [0.25, 0.3) is 5.91 Å². The van der Waals surface area contributed by atoms with Crippen molar-refractivity contribution in [1.82, 2.24) is 10.2 Å². The van der Waals surface area contributed by atoms with Gasteiger partial charge in [-0.1, -0.05) is 18.6 Å². The van der Waals surface area contributed by atoms with Crippen molar-refractivity contribution in [2.45, 2.75) is 45.3 Å². The van der Waals surface area contributed by atoms with E-state index in [1.54, 1.807) is 7.11 Å². The maximum absolute atomic E-state index is 12.7. The summed E-state index contributed by atoms with van der Waals surface area (Å²) in [7, 11) is 1.68. The SMILES string of the molecule is COc1ccc([C@@H](CNC(=O)c2ccc(OC(C)C)cc2)N2CCCCC2)cc1. The molecule has 29 heavy (non-hydrogen) atoms. The lowest BCUT2D eigenvalue weighted by molar-refractivity contribution is 0.0924. The highest BCUT2D eigenvalue weighted by atomic mass is 16.5.